The van der Waals surface area contributed by atoms with Crippen LogP contribution >= 0.6 is 0 Å². The largest absolute Gasteiger partial charge is 0.324 e. The lowest BCUT2D eigenvalue weighted by Gasteiger charge is -2.11. The highest BCUT2D eigenvalue weighted by Gasteiger charge is 2.12. The number of aromatic nitrogens is 2. The molecule has 1 heterocycles. The molecule has 0 aliphatic carbocycles. The van der Waals surface area contributed by atoms with Gasteiger partial charge in [-0.1, -0.05) is 24.3 Å². The van der Waals surface area contributed by atoms with Crippen molar-refractivity contribution < 1.29 is 0 Å². The zero-order valence-corrected chi connectivity index (χ0v) is 10.6. The van der Waals surface area contributed by atoms with Gasteiger partial charge in [0, 0.05) is 24.3 Å². The number of nitrogens with zero attached hydrogens (tertiary/aromatic N) is 2. The predicted molar refractivity (Wildman–Crippen MR) is 70.7 cm³/mol. The Balaban J connectivity index is 2.55. The molecule has 2 rings (SSSR count). The van der Waals surface area contributed by atoms with Crippen LogP contribution in [0, 0.1) is 6.92 Å². The van der Waals surface area contributed by atoms with Crippen LogP contribution in [-0.2, 0) is 6.54 Å². The Kier molecular flexibility index (Phi) is 3.29. The van der Waals surface area contributed by atoms with Gasteiger partial charge >= 0.3 is 0 Å². The Labute approximate surface area is 102 Å². The van der Waals surface area contributed by atoms with Crippen molar-refractivity contribution in [3.8, 4) is 11.1 Å². The van der Waals surface area contributed by atoms with E-state index in [0.717, 1.165) is 12.2 Å². The molecule has 1 atom stereocenters. The van der Waals surface area contributed by atoms with Gasteiger partial charge in [-0.15, -0.1) is 0 Å². The second-order valence-corrected chi connectivity index (χ2v) is 4.36. The number of aryl methyl sites for hydroxylation is 2. The minimum Gasteiger partial charge on any atom is -0.324 e. The molecule has 0 bridgehead atoms. The summed E-state index contributed by atoms with van der Waals surface area (Å²) < 4.78 is 1.96. The number of benzene rings is 1. The fourth-order valence-electron chi connectivity index (χ4n) is 2.08. The van der Waals surface area contributed by atoms with Gasteiger partial charge < -0.3 is 5.73 Å². The van der Waals surface area contributed by atoms with Gasteiger partial charge in [0.25, 0.3) is 0 Å². The maximum atomic E-state index is 6.01. The molecule has 1 aromatic heterocycles. The lowest BCUT2D eigenvalue weighted by Crippen LogP contribution is -2.06. The zero-order chi connectivity index (χ0) is 12.4. The lowest BCUT2D eigenvalue weighted by atomic mass is 9.96. The molecule has 90 valence electrons. The third-order valence-corrected chi connectivity index (χ3v) is 3.01. The first-order valence-corrected chi connectivity index (χ1v) is 6.02. The second-order valence-electron chi connectivity index (χ2n) is 4.36. The molecule has 1 aromatic carbocycles. The van der Waals surface area contributed by atoms with Gasteiger partial charge in [-0.2, -0.15) is 5.10 Å². The van der Waals surface area contributed by atoms with Gasteiger partial charge in [0.1, 0.15) is 0 Å². The van der Waals surface area contributed by atoms with Gasteiger partial charge in [-0.05, 0) is 31.9 Å². The van der Waals surface area contributed by atoms with Crippen LogP contribution in [0.1, 0.15) is 31.1 Å². The van der Waals surface area contributed by atoms with Gasteiger partial charge in [0.2, 0.25) is 0 Å². The van der Waals surface area contributed by atoms with Crippen LogP contribution in [0.15, 0.2) is 30.5 Å². The summed E-state index contributed by atoms with van der Waals surface area (Å²) in [5.74, 6) is 0. The van der Waals surface area contributed by atoms with Gasteiger partial charge in [0.05, 0.1) is 5.69 Å². The van der Waals surface area contributed by atoms with Crippen molar-refractivity contribution in [2.75, 3.05) is 0 Å². The summed E-state index contributed by atoms with van der Waals surface area (Å²) >= 11 is 0. The molecule has 0 aliphatic heterocycles. The quantitative estimate of drug-likeness (QED) is 0.879. The third-order valence-electron chi connectivity index (χ3n) is 3.01. The Morgan fingerprint density at radius 2 is 2.00 bits per heavy atom. The van der Waals surface area contributed by atoms with E-state index in [1.807, 2.05) is 30.7 Å². The van der Waals surface area contributed by atoms with Crippen LogP contribution in [0.5, 0.6) is 0 Å². The molecule has 0 radical (unpaired) electrons. The first kappa shape index (κ1) is 11.9. The van der Waals surface area contributed by atoms with E-state index in [-0.39, 0.29) is 6.04 Å². The van der Waals surface area contributed by atoms with Crippen molar-refractivity contribution in [2.45, 2.75) is 33.4 Å². The fourth-order valence-corrected chi connectivity index (χ4v) is 2.08. The van der Waals surface area contributed by atoms with Crippen molar-refractivity contribution in [3.05, 3.63) is 41.7 Å². The van der Waals surface area contributed by atoms with E-state index >= 15 is 0 Å². The maximum Gasteiger partial charge on any atom is 0.0672 e. The van der Waals surface area contributed by atoms with E-state index in [4.69, 9.17) is 5.73 Å². The standard InChI is InChI=1S/C14H19N3/c1-4-17-9-14(11(3)16-17)13-8-6-5-7-12(13)10(2)15/h5-10H,4,15H2,1-3H3. The molecular formula is C14H19N3. The SMILES string of the molecule is CCn1cc(-c2ccccc2C(C)N)c(C)n1. The maximum absolute atomic E-state index is 6.01. The van der Waals surface area contributed by atoms with Crippen molar-refractivity contribution in [3.63, 3.8) is 0 Å². The van der Waals surface area contributed by atoms with Crippen LogP contribution in [0.25, 0.3) is 11.1 Å². The summed E-state index contributed by atoms with van der Waals surface area (Å²) in [6, 6.07) is 8.31. The molecule has 0 spiro atoms. The lowest BCUT2D eigenvalue weighted by molar-refractivity contribution is 0.653. The van der Waals surface area contributed by atoms with E-state index in [2.05, 4.69) is 30.4 Å². The molecule has 0 saturated carbocycles. The summed E-state index contributed by atoms with van der Waals surface area (Å²) in [5, 5.41) is 4.48. The van der Waals surface area contributed by atoms with Crippen LogP contribution in [0.4, 0.5) is 0 Å². The Hall–Kier alpha value is -1.61. The molecule has 2 aromatic rings. The van der Waals surface area contributed by atoms with Gasteiger partial charge in [-0.3, -0.25) is 4.68 Å². The Morgan fingerprint density at radius 3 is 2.59 bits per heavy atom. The van der Waals surface area contributed by atoms with Gasteiger partial charge in [-0.25, -0.2) is 0 Å². The normalized spacial score (nSPS) is 12.7. The second kappa shape index (κ2) is 4.72. The molecule has 0 amide bonds. The number of hydrogen-bond acceptors (Lipinski definition) is 2. The van der Waals surface area contributed by atoms with E-state index in [1.165, 1.54) is 16.7 Å². The predicted octanol–water partition coefficient (Wildman–Crippen LogP) is 2.90. The molecule has 17 heavy (non-hydrogen) atoms. The van der Waals surface area contributed by atoms with Crippen molar-refractivity contribution in [1.29, 1.82) is 0 Å². The highest BCUT2D eigenvalue weighted by atomic mass is 15.3. The van der Waals surface area contributed by atoms with E-state index in [0.29, 0.717) is 0 Å². The summed E-state index contributed by atoms with van der Waals surface area (Å²) in [4.78, 5) is 0. The third kappa shape index (κ3) is 2.24. The van der Waals surface area contributed by atoms with E-state index in [9.17, 15) is 0 Å². The van der Waals surface area contributed by atoms with E-state index in [1.54, 1.807) is 0 Å². The first-order valence-electron chi connectivity index (χ1n) is 6.02. The summed E-state index contributed by atoms with van der Waals surface area (Å²) in [6.07, 6.45) is 2.09. The van der Waals surface area contributed by atoms with Crippen LogP contribution in [-0.4, -0.2) is 9.78 Å². The van der Waals surface area contributed by atoms with E-state index < -0.39 is 0 Å². The highest BCUT2D eigenvalue weighted by molar-refractivity contribution is 5.69. The molecular weight excluding hydrogens is 210 g/mol. The Morgan fingerprint density at radius 1 is 1.29 bits per heavy atom. The summed E-state index contributed by atoms with van der Waals surface area (Å²) in [7, 11) is 0. The highest BCUT2D eigenvalue weighted by Crippen LogP contribution is 2.29. The van der Waals surface area contributed by atoms with Gasteiger partial charge in [0.15, 0.2) is 0 Å². The molecule has 3 heteroatoms. The monoisotopic (exact) mass is 229 g/mol. The molecule has 3 nitrogen and oxygen atoms in total. The first-order chi connectivity index (χ1) is 8.13. The van der Waals surface area contributed by atoms with Crippen LogP contribution in [0.2, 0.25) is 0 Å². The topological polar surface area (TPSA) is 43.8 Å². The average Bonchev–Trinajstić information content (AvgIpc) is 2.70. The molecule has 0 fully saturated rings. The van der Waals surface area contributed by atoms with Crippen LogP contribution < -0.4 is 5.73 Å². The summed E-state index contributed by atoms with van der Waals surface area (Å²) in [5.41, 5.74) is 10.6. The Bertz CT molecular complexity index is 512. The smallest absolute Gasteiger partial charge is 0.0672 e. The van der Waals surface area contributed by atoms with Crippen molar-refractivity contribution in [2.24, 2.45) is 5.73 Å². The molecule has 0 saturated heterocycles. The van der Waals surface area contributed by atoms with Crippen LogP contribution in [0.3, 0.4) is 0 Å². The average molecular weight is 229 g/mol. The molecule has 2 N–H and O–H groups in total. The number of hydrogen-bond donors (Lipinski definition) is 1. The molecule has 0 aliphatic rings. The van der Waals surface area contributed by atoms with Crippen molar-refractivity contribution in [1.82, 2.24) is 9.78 Å². The number of rotatable bonds is 3. The molecule has 1 unspecified atom stereocenters. The minimum absolute atomic E-state index is 0.0376. The number of nitrogens with two attached hydrogens (primary N) is 1. The summed E-state index contributed by atoms with van der Waals surface area (Å²) in [6.45, 7) is 7.03. The zero-order valence-electron chi connectivity index (χ0n) is 10.6. The van der Waals surface area contributed by atoms with Crippen molar-refractivity contribution >= 4 is 0 Å². The fraction of sp³-hybridized carbons (Fsp3) is 0.357. The minimum atomic E-state index is 0.0376.